The first-order valence-electron chi connectivity index (χ1n) is 11.1. The monoisotopic (exact) mass is 477 g/mol. The number of amides is 1. The molecule has 0 spiro atoms. The Balaban J connectivity index is 1.69. The van der Waals surface area contributed by atoms with Crippen LogP contribution in [-0.2, 0) is 27.8 Å². The van der Waals surface area contributed by atoms with Crippen molar-refractivity contribution in [3.8, 4) is 11.1 Å². The molecule has 0 aliphatic heterocycles. The quantitative estimate of drug-likeness (QED) is 0.345. The molecule has 176 valence electrons. The molecule has 0 unspecified atom stereocenters. The van der Waals surface area contributed by atoms with E-state index in [9.17, 15) is 13.2 Å². The minimum absolute atomic E-state index is 0.217. The number of aromatic nitrogens is 2. The number of carbonyl (C=O) groups is 1. The molecule has 34 heavy (non-hydrogen) atoms. The van der Waals surface area contributed by atoms with Crippen LogP contribution in [0.4, 0.5) is 0 Å². The Morgan fingerprint density at radius 2 is 1.65 bits per heavy atom. The molecule has 3 aromatic carbocycles. The van der Waals surface area contributed by atoms with Gasteiger partial charge in [0.05, 0.1) is 23.9 Å². The fourth-order valence-corrected chi connectivity index (χ4v) is 4.73. The number of sulfonamides is 1. The normalized spacial score (nSPS) is 11.6. The predicted molar refractivity (Wildman–Crippen MR) is 133 cm³/mol. The fourth-order valence-electron chi connectivity index (χ4n) is 3.91. The van der Waals surface area contributed by atoms with E-state index in [2.05, 4.69) is 41.0 Å². The molecule has 1 aromatic heterocycles. The van der Waals surface area contributed by atoms with Gasteiger partial charge in [0.1, 0.15) is 5.82 Å². The Bertz CT molecular complexity index is 1410. The molecule has 0 fully saturated rings. The Morgan fingerprint density at radius 3 is 2.26 bits per heavy atom. The van der Waals surface area contributed by atoms with Gasteiger partial charge >= 0.3 is 0 Å². The van der Waals surface area contributed by atoms with Gasteiger partial charge in [-0.15, -0.1) is 4.47 Å². The number of hydrogen-bond acceptors (Lipinski definition) is 5. The second-order valence-corrected chi connectivity index (χ2v) is 9.92. The zero-order valence-electron chi connectivity index (χ0n) is 19.4. The summed E-state index contributed by atoms with van der Waals surface area (Å²) < 4.78 is 27.0. The van der Waals surface area contributed by atoms with Crippen LogP contribution in [0.15, 0.2) is 72.8 Å². The molecule has 0 N–H and O–H groups in total. The second-order valence-electron chi connectivity index (χ2n) is 7.85. The summed E-state index contributed by atoms with van der Waals surface area (Å²) in [5.74, 6) is -0.0908. The van der Waals surface area contributed by atoms with Gasteiger partial charge in [-0.25, -0.2) is 13.4 Å². The highest BCUT2D eigenvalue weighted by Crippen LogP contribution is 2.24. The standard InChI is InChI=1S/C26H27N3O4S/c1-4-25-27-23-16-15-22(26(30)29(33-3)34(31,32)5-2)17-24(23)28(25)18-19-11-13-21(14-12-19)20-9-7-6-8-10-20/h6-17H,4-5,18H2,1-3H3. The molecule has 0 saturated heterocycles. The molecule has 0 aliphatic carbocycles. The maximum Gasteiger partial charge on any atom is 0.292 e. The van der Waals surface area contributed by atoms with E-state index < -0.39 is 15.9 Å². The Labute approximate surface area is 199 Å². The molecule has 8 heteroatoms. The van der Waals surface area contributed by atoms with Crippen molar-refractivity contribution < 1.29 is 18.0 Å². The smallest absolute Gasteiger partial charge is 0.292 e. The van der Waals surface area contributed by atoms with Crippen LogP contribution in [0.1, 0.15) is 35.6 Å². The van der Waals surface area contributed by atoms with Crippen molar-refractivity contribution in [1.82, 2.24) is 14.0 Å². The highest BCUT2D eigenvalue weighted by Gasteiger charge is 2.28. The van der Waals surface area contributed by atoms with Crippen LogP contribution in [0.3, 0.4) is 0 Å². The molecule has 0 atom stereocenters. The van der Waals surface area contributed by atoms with Crippen LogP contribution < -0.4 is 0 Å². The molecule has 4 aromatic rings. The summed E-state index contributed by atoms with van der Waals surface area (Å²) in [6.07, 6.45) is 0.717. The number of benzene rings is 3. The van der Waals surface area contributed by atoms with Gasteiger partial charge in [-0.1, -0.05) is 61.5 Å². The number of rotatable bonds is 8. The zero-order valence-corrected chi connectivity index (χ0v) is 20.2. The molecular formula is C26H27N3O4S. The number of hydrogen-bond donors (Lipinski definition) is 0. The van der Waals surface area contributed by atoms with Crippen LogP contribution in [0.25, 0.3) is 22.2 Å². The summed E-state index contributed by atoms with van der Waals surface area (Å²) in [4.78, 5) is 22.6. The van der Waals surface area contributed by atoms with Crippen molar-refractivity contribution in [2.75, 3.05) is 12.9 Å². The Morgan fingerprint density at radius 1 is 0.971 bits per heavy atom. The van der Waals surface area contributed by atoms with E-state index in [4.69, 9.17) is 9.82 Å². The SMILES string of the molecule is CCc1nc2ccc(C(=O)N(OC)S(=O)(=O)CC)cc2n1Cc1ccc(-c2ccccc2)cc1. The van der Waals surface area contributed by atoms with E-state index in [0.717, 1.165) is 33.5 Å². The lowest BCUT2D eigenvalue weighted by molar-refractivity contribution is -0.0282. The van der Waals surface area contributed by atoms with Crippen molar-refractivity contribution in [2.24, 2.45) is 0 Å². The predicted octanol–water partition coefficient (Wildman–Crippen LogP) is 4.67. The second kappa shape index (κ2) is 9.79. The third-order valence-electron chi connectivity index (χ3n) is 5.74. The van der Waals surface area contributed by atoms with E-state index in [0.29, 0.717) is 17.4 Å². The topological polar surface area (TPSA) is 81.5 Å². The van der Waals surface area contributed by atoms with Crippen LogP contribution in [-0.4, -0.2) is 41.2 Å². The largest absolute Gasteiger partial charge is 0.323 e. The summed E-state index contributed by atoms with van der Waals surface area (Å²) in [5.41, 5.74) is 5.12. The van der Waals surface area contributed by atoms with Crippen LogP contribution in [0.2, 0.25) is 0 Å². The van der Waals surface area contributed by atoms with Crippen LogP contribution in [0.5, 0.6) is 0 Å². The van der Waals surface area contributed by atoms with E-state index >= 15 is 0 Å². The van der Waals surface area contributed by atoms with Gasteiger partial charge in [-0.3, -0.25) is 9.63 Å². The summed E-state index contributed by atoms with van der Waals surface area (Å²) in [6.45, 7) is 4.07. The molecule has 0 aliphatic rings. The van der Waals surface area contributed by atoms with Crippen molar-refractivity contribution in [2.45, 2.75) is 26.8 Å². The van der Waals surface area contributed by atoms with E-state index in [1.54, 1.807) is 18.2 Å². The minimum atomic E-state index is -3.86. The molecule has 0 saturated carbocycles. The molecule has 1 heterocycles. The summed E-state index contributed by atoms with van der Waals surface area (Å²) in [7, 11) is -2.69. The molecule has 0 radical (unpaired) electrons. The molecule has 1 amide bonds. The molecule has 0 bridgehead atoms. The first-order chi connectivity index (χ1) is 16.4. The molecule has 4 rings (SSSR count). The fraction of sp³-hybridized carbons (Fsp3) is 0.231. The summed E-state index contributed by atoms with van der Waals surface area (Å²) in [5, 5.41) is 0. The Hall–Kier alpha value is -3.49. The van der Waals surface area contributed by atoms with Crippen molar-refractivity contribution in [1.29, 1.82) is 0 Å². The lowest BCUT2D eigenvalue weighted by Crippen LogP contribution is -2.37. The first kappa shape index (κ1) is 23.7. The van der Waals surface area contributed by atoms with Crippen LogP contribution in [0, 0.1) is 0 Å². The maximum atomic E-state index is 12.9. The maximum absolute atomic E-state index is 12.9. The van der Waals surface area contributed by atoms with E-state index in [1.165, 1.54) is 14.0 Å². The number of carbonyl (C=O) groups excluding carboxylic acids is 1. The number of fused-ring (bicyclic) bond motifs is 1. The molecule has 7 nitrogen and oxygen atoms in total. The number of aryl methyl sites for hydroxylation is 1. The number of hydroxylamine groups is 1. The molecular weight excluding hydrogens is 450 g/mol. The van der Waals surface area contributed by atoms with Gasteiger partial charge in [0, 0.05) is 18.5 Å². The van der Waals surface area contributed by atoms with Crippen molar-refractivity contribution in [3.05, 3.63) is 89.7 Å². The Kier molecular flexibility index (Phi) is 6.81. The highest BCUT2D eigenvalue weighted by molar-refractivity contribution is 7.89. The van der Waals surface area contributed by atoms with Crippen LogP contribution >= 0.6 is 0 Å². The van der Waals surface area contributed by atoms with Gasteiger partial charge in [-0.05, 0) is 41.8 Å². The lowest BCUT2D eigenvalue weighted by atomic mass is 10.0. The highest BCUT2D eigenvalue weighted by atomic mass is 32.2. The van der Waals surface area contributed by atoms with Crippen molar-refractivity contribution in [3.63, 3.8) is 0 Å². The van der Waals surface area contributed by atoms with E-state index in [-0.39, 0.29) is 11.3 Å². The van der Waals surface area contributed by atoms with Gasteiger partial charge < -0.3 is 4.57 Å². The lowest BCUT2D eigenvalue weighted by Gasteiger charge is -2.18. The first-order valence-corrected chi connectivity index (χ1v) is 12.7. The number of nitrogens with zero attached hydrogens (tertiary/aromatic N) is 3. The van der Waals surface area contributed by atoms with Gasteiger partial charge in [-0.2, -0.15) is 0 Å². The van der Waals surface area contributed by atoms with Crippen molar-refractivity contribution >= 4 is 27.0 Å². The third kappa shape index (κ3) is 4.60. The summed E-state index contributed by atoms with van der Waals surface area (Å²) in [6, 6.07) is 23.5. The van der Waals surface area contributed by atoms with Gasteiger partial charge in [0.25, 0.3) is 15.9 Å². The van der Waals surface area contributed by atoms with E-state index in [1.807, 2.05) is 25.1 Å². The average molecular weight is 478 g/mol. The minimum Gasteiger partial charge on any atom is -0.323 e. The summed E-state index contributed by atoms with van der Waals surface area (Å²) >= 11 is 0. The van der Waals surface area contributed by atoms with Gasteiger partial charge in [0.15, 0.2) is 0 Å². The third-order valence-corrected chi connectivity index (χ3v) is 7.29. The average Bonchev–Trinajstić information content (AvgIpc) is 3.22. The van der Waals surface area contributed by atoms with Gasteiger partial charge in [0.2, 0.25) is 0 Å². The number of imidazole rings is 1. The zero-order chi connectivity index (χ0) is 24.3.